The number of hydrogen-bond acceptors (Lipinski definition) is 2. The average Bonchev–Trinajstić information content (AvgIpc) is 2.65. The molecule has 1 saturated carbocycles. The number of hydrogen-bond donors (Lipinski definition) is 0. The van der Waals surface area contributed by atoms with E-state index in [0.717, 1.165) is 32.4 Å². The first-order valence-corrected chi connectivity index (χ1v) is 7.60. The molecule has 1 saturated heterocycles. The Kier molecular flexibility index (Phi) is 3.31. The maximum Gasteiger partial charge on any atom is 0.410 e. The summed E-state index contributed by atoms with van der Waals surface area (Å²) in [6.45, 7) is 7.30. The van der Waals surface area contributed by atoms with Crippen LogP contribution >= 0.6 is 31.9 Å². The molecule has 0 bridgehead atoms. The van der Waals surface area contributed by atoms with E-state index in [2.05, 4.69) is 31.9 Å². The summed E-state index contributed by atoms with van der Waals surface area (Å²) >= 11 is 7.39. The average molecular weight is 369 g/mol. The molecular formula is C12H19Br2NO2. The topological polar surface area (TPSA) is 29.5 Å². The van der Waals surface area contributed by atoms with Gasteiger partial charge in [-0.25, -0.2) is 4.79 Å². The van der Waals surface area contributed by atoms with Gasteiger partial charge in [0, 0.05) is 18.5 Å². The van der Waals surface area contributed by atoms with Crippen molar-refractivity contribution in [2.45, 2.75) is 48.9 Å². The van der Waals surface area contributed by atoms with Crippen LogP contribution < -0.4 is 0 Å². The number of carbonyl (C=O) groups is 1. The minimum atomic E-state index is -0.402. The second-order valence-corrected chi connectivity index (χ2v) is 9.90. The number of nitrogens with zero attached hydrogens (tertiary/aromatic N) is 1. The van der Waals surface area contributed by atoms with Crippen LogP contribution in [-0.2, 0) is 4.74 Å². The molecule has 0 radical (unpaired) electrons. The second kappa shape index (κ2) is 4.12. The predicted octanol–water partition coefficient (Wildman–Crippen LogP) is 3.89. The third kappa shape index (κ3) is 2.80. The Morgan fingerprint density at radius 2 is 1.71 bits per heavy atom. The lowest BCUT2D eigenvalue weighted by atomic mass is 9.94. The third-order valence-electron chi connectivity index (χ3n) is 3.58. The maximum atomic E-state index is 11.9. The standard InChI is InChI=1S/C12H19Br2NO2/c1-10(2,3)17-9(16)15-6-4-11(5-7-15)8-12(11,13)14/h4-8H2,1-3H3. The number of rotatable bonds is 0. The highest BCUT2D eigenvalue weighted by molar-refractivity contribution is 9.25. The number of ether oxygens (including phenoxy) is 1. The van der Waals surface area contributed by atoms with Gasteiger partial charge >= 0.3 is 6.09 Å². The summed E-state index contributed by atoms with van der Waals surface area (Å²) in [5, 5.41) is 0. The van der Waals surface area contributed by atoms with Gasteiger partial charge in [0.2, 0.25) is 0 Å². The van der Waals surface area contributed by atoms with E-state index in [1.54, 1.807) is 0 Å². The first-order chi connectivity index (χ1) is 7.65. The van der Waals surface area contributed by atoms with E-state index < -0.39 is 5.60 Å². The van der Waals surface area contributed by atoms with Gasteiger partial charge in [-0.05, 0) is 40.0 Å². The number of likely N-dealkylation sites (tertiary alicyclic amines) is 1. The number of amides is 1. The van der Waals surface area contributed by atoms with Crippen molar-refractivity contribution < 1.29 is 9.53 Å². The molecule has 0 unspecified atom stereocenters. The van der Waals surface area contributed by atoms with Crippen LogP contribution in [0.15, 0.2) is 0 Å². The van der Waals surface area contributed by atoms with Crippen LogP contribution in [0.5, 0.6) is 0 Å². The van der Waals surface area contributed by atoms with Gasteiger partial charge in [0.05, 0.1) is 3.23 Å². The lowest BCUT2D eigenvalue weighted by Crippen LogP contribution is -2.43. The Labute approximate surface area is 120 Å². The van der Waals surface area contributed by atoms with Gasteiger partial charge in [-0.15, -0.1) is 0 Å². The van der Waals surface area contributed by atoms with Crippen LogP contribution in [0, 0.1) is 5.41 Å². The maximum absolute atomic E-state index is 11.9. The highest BCUT2D eigenvalue weighted by atomic mass is 79.9. The number of piperidine rings is 1. The monoisotopic (exact) mass is 367 g/mol. The minimum absolute atomic E-state index is 0.118. The minimum Gasteiger partial charge on any atom is -0.444 e. The van der Waals surface area contributed by atoms with E-state index in [0.29, 0.717) is 5.41 Å². The Morgan fingerprint density at radius 3 is 2.06 bits per heavy atom. The molecule has 1 amide bonds. The summed E-state index contributed by atoms with van der Waals surface area (Å²) in [5.41, 5.74) is -0.0497. The Hall–Kier alpha value is 0.230. The number of carbonyl (C=O) groups excluding carboxylic acids is 1. The lowest BCUT2D eigenvalue weighted by molar-refractivity contribution is 0.0173. The van der Waals surface area contributed by atoms with E-state index in [1.165, 1.54) is 0 Å². The van der Waals surface area contributed by atoms with Gasteiger partial charge in [-0.1, -0.05) is 31.9 Å². The van der Waals surface area contributed by atoms with Gasteiger partial charge < -0.3 is 9.64 Å². The molecule has 98 valence electrons. The molecule has 1 aliphatic carbocycles. The van der Waals surface area contributed by atoms with Crippen LogP contribution in [0.3, 0.4) is 0 Å². The third-order valence-corrected chi connectivity index (χ3v) is 5.83. The summed E-state index contributed by atoms with van der Waals surface area (Å²) in [6, 6.07) is 0. The molecule has 5 heteroatoms. The Morgan fingerprint density at radius 1 is 1.24 bits per heavy atom. The zero-order chi connectivity index (χ0) is 12.9. The summed E-state index contributed by atoms with van der Waals surface area (Å²) < 4.78 is 5.50. The van der Waals surface area contributed by atoms with Gasteiger partial charge in [-0.2, -0.15) is 0 Å². The normalized spacial score (nSPS) is 25.8. The SMILES string of the molecule is CC(C)(C)OC(=O)N1CCC2(CC1)CC2(Br)Br. The first kappa shape index (κ1) is 13.7. The molecule has 3 nitrogen and oxygen atoms in total. The van der Waals surface area contributed by atoms with Crippen molar-refractivity contribution in [3.8, 4) is 0 Å². The van der Waals surface area contributed by atoms with Crippen LogP contribution in [0.1, 0.15) is 40.0 Å². The van der Waals surface area contributed by atoms with Gasteiger partial charge in [-0.3, -0.25) is 0 Å². The molecule has 0 aromatic carbocycles. The number of alkyl halides is 2. The molecule has 17 heavy (non-hydrogen) atoms. The Balaban J connectivity index is 1.86. The lowest BCUT2D eigenvalue weighted by Gasteiger charge is -2.34. The molecule has 0 atom stereocenters. The van der Waals surface area contributed by atoms with Crippen molar-refractivity contribution in [2.24, 2.45) is 5.41 Å². The second-order valence-electron chi connectivity index (χ2n) is 6.13. The summed E-state index contributed by atoms with van der Waals surface area (Å²) in [6.07, 6.45) is 3.07. The van der Waals surface area contributed by atoms with E-state index in [9.17, 15) is 4.79 Å². The van der Waals surface area contributed by atoms with Crippen molar-refractivity contribution in [3.05, 3.63) is 0 Å². The molecule has 1 spiro atoms. The highest BCUT2D eigenvalue weighted by Crippen LogP contribution is 2.70. The molecular weight excluding hydrogens is 350 g/mol. The molecule has 0 aromatic rings. The fourth-order valence-corrected chi connectivity index (χ4v) is 4.23. The van der Waals surface area contributed by atoms with Gasteiger partial charge in [0.15, 0.2) is 0 Å². The van der Waals surface area contributed by atoms with E-state index in [-0.39, 0.29) is 9.33 Å². The van der Waals surface area contributed by atoms with Crippen LogP contribution in [0.4, 0.5) is 4.79 Å². The molecule has 1 heterocycles. The number of halogens is 2. The zero-order valence-electron chi connectivity index (χ0n) is 10.6. The molecule has 0 aromatic heterocycles. The molecule has 0 N–H and O–H groups in total. The fraction of sp³-hybridized carbons (Fsp3) is 0.917. The van der Waals surface area contributed by atoms with Crippen molar-refractivity contribution in [3.63, 3.8) is 0 Å². The largest absolute Gasteiger partial charge is 0.444 e. The van der Waals surface area contributed by atoms with Crippen molar-refractivity contribution >= 4 is 38.0 Å². The summed E-state index contributed by atoms with van der Waals surface area (Å²) in [5.74, 6) is 0. The van der Waals surface area contributed by atoms with E-state index >= 15 is 0 Å². The summed E-state index contributed by atoms with van der Waals surface area (Å²) in [4.78, 5) is 13.7. The fourth-order valence-electron chi connectivity index (χ4n) is 2.37. The van der Waals surface area contributed by atoms with Crippen LogP contribution in [0.2, 0.25) is 0 Å². The predicted molar refractivity (Wildman–Crippen MR) is 74.7 cm³/mol. The molecule has 2 fully saturated rings. The quantitative estimate of drug-likeness (QED) is 0.607. The van der Waals surface area contributed by atoms with Crippen molar-refractivity contribution in [1.29, 1.82) is 0 Å². The summed E-state index contributed by atoms with van der Waals surface area (Å²) in [7, 11) is 0. The van der Waals surface area contributed by atoms with Crippen molar-refractivity contribution in [1.82, 2.24) is 4.90 Å². The van der Waals surface area contributed by atoms with E-state index in [1.807, 2.05) is 25.7 Å². The zero-order valence-corrected chi connectivity index (χ0v) is 13.7. The first-order valence-electron chi connectivity index (χ1n) is 6.01. The molecule has 2 rings (SSSR count). The van der Waals surface area contributed by atoms with Gasteiger partial charge in [0.25, 0.3) is 0 Å². The Bertz CT molecular complexity index is 328. The van der Waals surface area contributed by atoms with Crippen molar-refractivity contribution in [2.75, 3.05) is 13.1 Å². The molecule has 2 aliphatic rings. The van der Waals surface area contributed by atoms with Crippen LogP contribution in [0.25, 0.3) is 0 Å². The highest BCUT2D eigenvalue weighted by Gasteiger charge is 2.65. The van der Waals surface area contributed by atoms with E-state index in [4.69, 9.17) is 4.74 Å². The van der Waals surface area contributed by atoms with Gasteiger partial charge in [0.1, 0.15) is 5.60 Å². The molecule has 1 aliphatic heterocycles. The van der Waals surface area contributed by atoms with Crippen LogP contribution in [-0.4, -0.2) is 32.9 Å². The smallest absolute Gasteiger partial charge is 0.410 e.